The van der Waals surface area contributed by atoms with Crippen molar-refractivity contribution in [3.8, 4) is 0 Å². The molecule has 0 heterocycles. The van der Waals surface area contributed by atoms with E-state index >= 15 is 0 Å². The second-order valence-corrected chi connectivity index (χ2v) is 4.69. The third-order valence-electron chi connectivity index (χ3n) is 3.48. The van der Waals surface area contributed by atoms with Crippen LogP contribution in [0.3, 0.4) is 0 Å². The maximum atomic E-state index is 11.5. The topological polar surface area (TPSA) is 26.3 Å². The van der Waals surface area contributed by atoms with Gasteiger partial charge in [-0.2, -0.15) is 0 Å². The monoisotopic (exact) mass is 224 g/mol. The van der Waals surface area contributed by atoms with E-state index in [-0.39, 0.29) is 5.97 Å². The molecule has 0 aliphatic heterocycles. The van der Waals surface area contributed by atoms with E-state index < -0.39 is 0 Å². The van der Waals surface area contributed by atoms with E-state index in [0.717, 1.165) is 11.5 Å². The molecule has 16 heavy (non-hydrogen) atoms. The predicted molar refractivity (Wildman–Crippen MR) is 66.1 cm³/mol. The average molecular weight is 224 g/mol. The third-order valence-corrected chi connectivity index (χ3v) is 3.48. The van der Waals surface area contributed by atoms with Crippen LogP contribution in [0.5, 0.6) is 0 Å². The summed E-state index contributed by atoms with van der Waals surface area (Å²) < 4.78 is 4.79. The summed E-state index contributed by atoms with van der Waals surface area (Å²) in [5.41, 5.74) is 0.892. The first-order valence-corrected chi connectivity index (χ1v) is 6.49. The lowest BCUT2D eigenvalue weighted by molar-refractivity contribution is -0.136. The number of hydrogen-bond acceptors (Lipinski definition) is 2. The summed E-state index contributed by atoms with van der Waals surface area (Å²) in [6, 6.07) is 0. The molecule has 1 rings (SSSR count). The maximum Gasteiger partial charge on any atom is 0.333 e. The molecule has 0 saturated heterocycles. The molecule has 0 bridgehead atoms. The van der Waals surface area contributed by atoms with Crippen LogP contribution >= 0.6 is 0 Å². The molecule has 1 fully saturated rings. The standard InChI is InChI=1S/C14H24O2/c1-4-6-7-8-9-11-10-13(11)12(5-2)14(15)16-3/h5,11,13H,4,6-10H2,1-3H3/b12-5+. The molecule has 1 aliphatic carbocycles. The number of esters is 1. The minimum atomic E-state index is -0.136. The van der Waals surface area contributed by atoms with Crippen molar-refractivity contribution in [1.82, 2.24) is 0 Å². The molecular weight excluding hydrogens is 200 g/mol. The average Bonchev–Trinajstić information content (AvgIpc) is 3.05. The summed E-state index contributed by atoms with van der Waals surface area (Å²) in [5, 5.41) is 0. The molecule has 0 spiro atoms. The minimum absolute atomic E-state index is 0.136. The Kier molecular flexibility index (Phi) is 5.58. The lowest BCUT2D eigenvalue weighted by Gasteiger charge is -2.04. The van der Waals surface area contributed by atoms with Gasteiger partial charge in [0.25, 0.3) is 0 Å². The van der Waals surface area contributed by atoms with Gasteiger partial charge in [0.2, 0.25) is 0 Å². The highest BCUT2D eigenvalue weighted by atomic mass is 16.5. The molecule has 0 radical (unpaired) electrons. The van der Waals surface area contributed by atoms with Crippen molar-refractivity contribution >= 4 is 5.97 Å². The summed E-state index contributed by atoms with van der Waals surface area (Å²) in [6.45, 7) is 4.16. The predicted octanol–water partition coefficient (Wildman–Crippen LogP) is 3.71. The zero-order chi connectivity index (χ0) is 12.0. The first-order chi connectivity index (χ1) is 7.74. The minimum Gasteiger partial charge on any atom is -0.466 e. The van der Waals surface area contributed by atoms with Gasteiger partial charge in [-0.15, -0.1) is 0 Å². The lowest BCUT2D eigenvalue weighted by Crippen LogP contribution is -2.07. The summed E-state index contributed by atoms with van der Waals surface area (Å²) >= 11 is 0. The zero-order valence-electron chi connectivity index (χ0n) is 10.8. The first kappa shape index (κ1) is 13.3. The fraction of sp³-hybridized carbons (Fsp3) is 0.786. The van der Waals surface area contributed by atoms with E-state index in [2.05, 4.69) is 6.92 Å². The number of hydrogen-bond donors (Lipinski definition) is 0. The van der Waals surface area contributed by atoms with Crippen molar-refractivity contribution in [2.75, 3.05) is 7.11 Å². The summed E-state index contributed by atoms with van der Waals surface area (Å²) in [5.74, 6) is 1.09. The van der Waals surface area contributed by atoms with E-state index in [1.165, 1.54) is 45.6 Å². The van der Waals surface area contributed by atoms with Crippen molar-refractivity contribution < 1.29 is 9.53 Å². The van der Waals surface area contributed by atoms with Gasteiger partial charge in [0, 0.05) is 5.57 Å². The fourth-order valence-electron chi connectivity index (χ4n) is 2.38. The molecule has 0 N–H and O–H groups in total. The quantitative estimate of drug-likeness (QED) is 0.374. The number of unbranched alkanes of at least 4 members (excludes halogenated alkanes) is 3. The summed E-state index contributed by atoms with van der Waals surface area (Å²) in [6.07, 6.45) is 9.65. The Balaban J connectivity index is 2.24. The first-order valence-electron chi connectivity index (χ1n) is 6.49. The van der Waals surface area contributed by atoms with Crippen LogP contribution in [-0.4, -0.2) is 13.1 Å². The van der Waals surface area contributed by atoms with Crippen LogP contribution in [0.4, 0.5) is 0 Å². The van der Waals surface area contributed by atoms with E-state index in [1.54, 1.807) is 0 Å². The number of ether oxygens (including phenoxy) is 1. The molecule has 2 nitrogen and oxygen atoms in total. The molecule has 2 atom stereocenters. The Bertz CT molecular complexity index is 255. The molecule has 1 aliphatic rings. The van der Waals surface area contributed by atoms with Gasteiger partial charge in [-0.1, -0.05) is 38.7 Å². The van der Waals surface area contributed by atoms with Crippen LogP contribution in [-0.2, 0) is 9.53 Å². The van der Waals surface area contributed by atoms with Crippen LogP contribution in [0.1, 0.15) is 52.4 Å². The molecule has 2 heteroatoms. The molecule has 0 aromatic carbocycles. The van der Waals surface area contributed by atoms with Gasteiger partial charge >= 0.3 is 5.97 Å². The maximum absolute atomic E-state index is 11.5. The molecular formula is C14H24O2. The Labute approximate surface area is 99.1 Å². The molecule has 0 aromatic heterocycles. The van der Waals surface area contributed by atoms with Crippen molar-refractivity contribution in [1.29, 1.82) is 0 Å². The summed E-state index contributed by atoms with van der Waals surface area (Å²) in [7, 11) is 1.46. The fourth-order valence-corrected chi connectivity index (χ4v) is 2.38. The molecule has 0 amide bonds. The lowest BCUT2D eigenvalue weighted by atomic mass is 10.1. The highest BCUT2D eigenvalue weighted by Gasteiger charge is 2.41. The van der Waals surface area contributed by atoms with E-state index in [4.69, 9.17) is 4.74 Å². The highest BCUT2D eigenvalue weighted by molar-refractivity contribution is 5.89. The van der Waals surface area contributed by atoms with Gasteiger partial charge in [0.1, 0.15) is 0 Å². The van der Waals surface area contributed by atoms with Gasteiger partial charge in [0.05, 0.1) is 7.11 Å². The number of carbonyl (C=O) groups is 1. The zero-order valence-corrected chi connectivity index (χ0v) is 10.8. The van der Waals surface area contributed by atoms with Gasteiger partial charge < -0.3 is 4.74 Å². The van der Waals surface area contributed by atoms with Crippen molar-refractivity contribution in [2.45, 2.75) is 52.4 Å². The Hall–Kier alpha value is -0.790. The van der Waals surface area contributed by atoms with Gasteiger partial charge in [-0.05, 0) is 31.6 Å². The van der Waals surface area contributed by atoms with E-state index in [1.807, 2.05) is 13.0 Å². The Morgan fingerprint density at radius 1 is 1.38 bits per heavy atom. The van der Waals surface area contributed by atoms with Gasteiger partial charge in [-0.3, -0.25) is 0 Å². The number of carbonyl (C=O) groups excluding carboxylic acids is 1. The smallest absolute Gasteiger partial charge is 0.333 e. The second kappa shape index (κ2) is 6.72. The van der Waals surface area contributed by atoms with E-state index in [0.29, 0.717) is 5.92 Å². The van der Waals surface area contributed by atoms with E-state index in [9.17, 15) is 4.79 Å². The molecule has 92 valence electrons. The number of methoxy groups -OCH3 is 1. The van der Waals surface area contributed by atoms with Crippen molar-refractivity contribution in [3.05, 3.63) is 11.6 Å². The number of rotatable bonds is 7. The second-order valence-electron chi connectivity index (χ2n) is 4.69. The van der Waals surface area contributed by atoms with Crippen LogP contribution in [0.25, 0.3) is 0 Å². The van der Waals surface area contributed by atoms with Crippen molar-refractivity contribution in [2.24, 2.45) is 11.8 Å². The van der Waals surface area contributed by atoms with Crippen LogP contribution < -0.4 is 0 Å². The Morgan fingerprint density at radius 2 is 2.12 bits per heavy atom. The normalized spacial score (nSPS) is 24.3. The van der Waals surface area contributed by atoms with Crippen LogP contribution in [0, 0.1) is 11.8 Å². The third kappa shape index (κ3) is 3.66. The van der Waals surface area contributed by atoms with Crippen LogP contribution in [0.15, 0.2) is 11.6 Å². The van der Waals surface area contributed by atoms with Crippen molar-refractivity contribution in [3.63, 3.8) is 0 Å². The highest BCUT2D eigenvalue weighted by Crippen LogP contribution is 2.47. The van der Waals surface area contributed by atoms with Gasteiger partial charge in [0.15, 0.2) is 0 Å². The SMILES string of the molecule is C/C=C(/C(=O)OC)C1CC1CCCCCC. The summed E-state index contributed by atoms with van der Waals surface area (Å²) in [4.78, 5) is 11.5. The van der Waals surface area contributed by atoms with Gasteiger partial charge in [-0.25, -0.2) is 4.79 Å². The molecule has 1 saturated carbocycles. The molecule has 0 aromatic rings. The Morgan fingerprint density at radius 3 is 2.69 bits per heavy atom. The molecule has 2 unspecified atom stereocenters. The van der Waals surface area contributed by atoms with Crippen LogP contribution in [0.2, 0.25) is 0 Å². The number of allylic oxidation sites excluding steroid dienone is 1. The largest absolute Gasteiger partial charge is 0.466 e.